The summed E-state index contributed by atoms with van der Waals surface area (Å²) in [6.07, 6.45) is 8.17. The molecule has 0 amide bonds. The lowest BCUT2D eigenvalue weighted by molar-refractivity contribution is 0.726. The average molecular weight is 369 g/mol. The highest BCUT2D eigenvalue weighted by Crippen LogP contribution is 2.27. The Morgan fingerprint density at radius 2 is 1.77 bits per heavy atom. The van der Waals surface area contributed by atoms with Crippen LogP contribution < -0.4 is 10.2 Å². The van der Waals surface area contributed by atoms with Gasteiger partial charge >= 0.3 is 0 Å². The first-order valence-corrected chi connectivity index (χ1v) is 9.35. The van der Waals surface area contributed by atoms with E-state index < -0.39 is 0 Å². The molecule has 1 aromatic carbocycles. The van der Waals surface area contributed by atoms with E-state index in [0.29, 0.717) is 28.0 Å². The van der Waals surface area contributed by atoms with E-state index in [0.717, 1.165) is 37.2 Å². The van der Waals surface area contributed by atoms with Crippen LogP contribution in [0, 0.1) is 6.92 Å². The number of benzene rings is 1. The minimum absolute atomic E-state index is 0.599. The second-order valence-electron chi connectivity index (χ2n) is 6.59. The predicted octanol–water partition coefficient (Wildman–Crippen LogP) is 4.51. The van der Waals surface area contributed by atoms with Gasteiger partial charge in [0.25, 0.3) is 0 Å². The van der Waals surface area contributed by atoms with Gasteiger partial charge in [-0.05, 0) is 37.5 Å². The number of anilines is 3. The summed E-state index contributed by atoms with van der Waals surface area (Å²) in [5.41, 5.74) is 3.16. The fourth-order valence-electron chi connectivity index (χ4n) is 3.16. The highest BCUT2D eigenvalue weighted by atomic mass is 35.5. The summed E-state index contributed by atoms with van der Waals surface area (Å²) in [4.78, 5) is 20.5. The number of rotatable bonds is 3. The number of nitrogens with zero attached hydrogens (tertiary/aromatic N) is 5. The number of aromatic nitrogens is 4. The minimum Gasteiger partial charge on any atom is -0.341 e. The van der Waals surface area contributed by atoms with Crippen molar-refractivity contribution in [3.8, 4) is 0 Å². The molecule has 0 spiro atoms. The van der Waals surface area contributed by atoms with Crippen LogP contribution in [0.2, 0.25) is 5.02 Å². The highest BCUT2D eigenvalue weighted by Gasteiger charge is 2.17. The Morgan fingerprint density at radius 1 is 1.00 bits per heavy atom. The maximum Gasteiger partial charge on any atom is 0.229 e. The summed E-state index contributed by atoms with van der Waals surface area (Å²) in [5, 5.41) is 4.06. The number of halogens is 1. The van der Waals surface area contributed by atoms with Gasteiger partial charge in [-0.1, -0.05) is 30.5 Å². The quantitative estimate of drug-likeness (QED) is 0.733. The van der Waals surface area contributed by atoms with Gasteiger partial charge < -0.3 is 10.2 Å². The van der Waals surface area contributed by atoms with E-state index in [4.69, 9.17) is 16.6 Å². The molecule has 1 aliphatic heterocycles. The van der Waals surface area contributed by atoms with Gasteiger partial charge in [0.1, 0.15) is 0 Å². The number of aryl methyl sites for hydroxylation is 1. The summed E-state index contributed by atoms with van der Waals surface area (Å²) in [6.45, 7) is 3.93. The Hall–Kier alpha value is -2.47. The van der Waals surface area contributed by atoms with E-state index >= 15 is 0 Å². The summed E-state index contributed by atoms with van der Waals surface area (Å²) >= 11 is 6.26. The molecule has 0 atom stereocenters. The molecule has 0 unspecified atom stereocenters. The third-order valence-electron chi connectivity index (χ3n) is 4.64. The normalized spacial score (nSPS) is 15.1. The molecule has 134 valence electrons. The molecule has 1 aliphatic rings. The monoisotopic (exact) mass is 368 g/mol. The molecule has 0 bridgehead atoms. The van der Waals surface area contributed by atoms with E-state index in [9.17, 15) is 0 Å². The first kappa shape index (κ1) is 17.0. The number of hydrogen-bond acceptors (Lipinski definition) is 6. The van der Waals surface area contributed by atoms with Crippen LogP contribution in [-0.4, -0.2) is 33.0 Å². The second kappa shape index (κ2) is 7.41. The second-order valence-corrected chi connectivity index (χ2v) is 7.00. The molecule has 26 heavy (non-hydrogen) atoms. The van der Waals surface area contributed by atoms with Crippen molar-refractivity contribution < 1.29 is 0 Å². The topological polar surface area (TPSA) is 66.8 Å². The molecule has 3 aromatic rings. The van der Waals surface area contributed by atoms with Crippen LogP contribution in [0.5, 0.6) is 0 Å². The van der Waals surface area contributed by atoms with Crippen molar-refractivity contribution in [2.45, 2.75) is 32.6 Å². The molecule has 4 rings (SSSR count). The first-order chi connectivity index (χ1) is 12.7. The molecule has 1 N–H and O–H groups in total. The maximum atomic E-state index is 6.26. The molecule has 0 saturated carbocycles. The minimum atomic E-state index is 0.599. The fraction of sp³-hybridized carbons (Fsp3) is 0.368. The Kier molecular flexibility index (Phi) is 4.84. The van der Waals surface area contributed by atoms with Crippen LogP contribution in [0.25, 0.3) is 11.2 Å². The van der Waals surface area contributed by atoms with Crippen LogP contribution in [0.4, 0.5) is 17.5 Å². The summed E-state index contributed by atoms with van der Waals surface area (Å²) in [7, 11) is 0. The van der Waals surface area contributed by atoms with Gasteiger partial charge in [0.05, 0.1) is 0 Å². The van der Waals surface area contributed by atoms with Crippen LogP contribution in [-0.2, 0) is 0 Å². The van der Waals surface area contributed by atoms with Crippen molar-refractivity contribution >= 4 is 40.2 Å². The average Bonchev–Trinajstić information content (AvgIpc) is 2.94. The van der Waals surface area contributed by atoms with Crippen LogP contribution in [0.3, 0.4) is 0 Å². The number of nitrogens with one attached hydrogen (secondary N) is 1. The summed E-state index contributed by atoms with van der Waals surface area (Å²) in [6, 6.07) is 5.86. The third kappa shape index (κ3) is 3.55. The molecule has 0 radical (unpaired) electrons. The molecular weight excluding hydrogens is 348 g/mol. The first-order valence-electron chi connectivity index (χ1n) is 8.97. The zero-order chi connectivity index (χ0) is 17.9. The van der Waals surface area contributed by atoms with Gasteiger partial charge in [0.15, 0.2) is 17.0 Å². The van der Waals surface area contributed by atoms with Gasteiger partial charge in [-0.15, -0.1) is 0 Å². The summed E-state index contributed by atoms with van der Waals surface area (Å²) in [5.74, 6) is 1.36. The van der Waals surface area contributed by atoms with Crippen molar-refractivity contribution in [2.75, 3.05) is 23.3 Å². The Bertz CT molecular complexity index is 921. The van der Waals surface area contributed by atoms with Crippen molar-refractivity contribution in [2.24, 2.45) is 0 Å². The largest absolute Gasteiger partial charge is 0.341 e. The van der Waals surface area contributed by atoms with Crippen LogP contribution in [0.15, 0.2) is 30.6 Å². The Morgan fingerprint density at radius 3 is 2.54 bits per heavy atom. The van der Waals surface area contributed by atoms with E-state index in [-0.39, 0.29) is 0 Å². The zero-order valence-corrected chi connectivity index (χ0v) is 15.5. The van der Waals surface area contributed by atoms with Gasteiger partial charge in [0.2, 0.25) is 5.95 Å². The van der Waals surface area contributed by atoms with E-state index in [1.165, 1.54) is 12.8 Å². The van der Waals surface area contributed by atoms with E-state index in [1.807, 2.05) is 25.1 Å². The molecular formula is C19H21ClN6. The standard InChI is InChI=1S/C19H21ClN6/c1-13-6-7-14(12-15(13)20)23-18-16-17(22-9-8-21-16)24-19(25-18)26-10-4-2-3-5-11-26/h6-9,12H,2-5,10-11H2,1H3,(H,22,23,24,25). The smallest absolute Gasteiger partial charge is 0.229 e. The third-order valence-corrected chi connectivity index (χ3v) is 5.05. The molecule has 1 fully saturated rings. The molecule has 7 heteroatoms. The van der Waals surface area contributed by atoms with Crippen LogP contribution >= 0.6 is 11.6 Å². The van der Waals surface area contributed by atoms with E-state index in [2.05, 4.69) is 25.2 Å². The van der Waals surface area contributed by atoms with Gasteiger partial charge in [-0.3, -0.25) is 0 Å². The van der Waals surface area contributed by atoms with Gasteiger partial charge in [0, 0.05) is 36.2 Å². The number of hydrogen-bond donors (Lipinski definition) is 1. The predicted molar refractivity (Wildman–Crippen MR) is 105 cm³/mol. The lowest BCUT2D eigenvalue weighted by atomic mass is 10.2. The van der Waals surface area contributed by atoms with Crippen molar-refractivity contribution in [3.63, 3.8) is 0 Å². The van der Waals surface area contributed by atoms with Crippen molar-refractivity contribution in [1.29, 1.82) is 0 Å². The van der Waals surface area contributed by atoms with Crippen molar-refractivity contribution in [3.05, 3.63) is 41.2 Å². The molecule has 1 saturated heterocycles. The lowest BCUT2D eigenvalue weighted by Crippen LogP contribution is -2.26. The van der Waals surface area contributed by atoms with Gasteiger partial charge in [-0.2, -0.15) is 9.97 Å². The fourth-order valence-corrected chi connectivity index (χ4v) is 3.34. The summed E-state index contributed by atoms with van der Waals surface area (Å²) < 4.78 is 0. The molecule has 0 aliphatic carbocycles. The molecule has 6 nitrogen and oxygen atoms in total. The van der Waals surface area contributed by atoms with Crippen molar-refractivity contribution in [1.82, 2.24) is 19.9 Å². The zero-order valence-electron chi connectivity index (χ0n) is 14.7. The molecule has 2 aromatic heterocycles. The lowest BCUT2D eigenvalue weighted by Gasteiger charge is -2.21. The maximum absolute atomic E-state index is 6.26. The Labute approximate surface area is 157 Å². The van der Waals surface area contributed by atoms with Gasteiger partial charge in [-0.25, -0.2) is 9.97 Å². The SMILES string of the molecule is Cc1ccc(Nc2nc(N3CCCCCC3)nc3nccnc23)cc1Cl. The highest BCUT2D eigenvalue weighted by molar-refractivity contribution is 6.31. The Balaban J connectivity index is 1.75. The molecule has 3 heterocycles. The number of fused-ring (bicyclic) bond motifs is 1. The van der Waals surface area contributed by atoms with Crippen LogP contribution in [0.1, 0.15) is 31.2 Å². The van der Waals surface area contributed by atoms with E-state index in [1.54, 1.807) is 12.4 Å².